The standard InChI is InChI=1S/C22H18N2/c1-13-8-9-20-19(12-13)23-22-17-7-5-4-6-16(17)18-11-14(2)10-15(3)21(18)24(20)22/h4-12H,1-3H3. The topological polar surface area (TPSA) is 17.3 Å². The summed E-state index contributed by atoms with van der Waals surface area (Å²) in [6, 6.07) is 19.7. The summed E-state index contributed by atoms with van der Waals surface area (Å²) in [6.07, 6.45) is 0. The van der Waals surface area contributed by atoms with Crippen molar-refractivity contribution in [2.24, 2.45) is 0 Å². The van der Waals surface area contributed by atoms with Crippen LogP contribution in [0.5, 0.6) is 0 Å². The smallest absolute Gasteiger partial charge is 0.146 e. The lowest BCUT2D eigenvalue weighted by molar-refractivity contribution is 1.28. The first kappa shape index (κ1) is 13.6. The largest absolute Gasteiger partial charge is 0.291 e. The molecular formula is C22H18N2. The van der Waals surface area contributed by atoms with Crippen LogP contribution in [0.4, 0.5) is 0 Å². The van der Waals surface area contributed by atoms with Crippen molar-refractivity contribution in [2.45, 2.75) is 20.8 Å². The van der Waals surface area contributed by atoms with Gasteiger partial charge in [-0.05, 0) is 55.5 Å². The number of rotatable bonds is 0. The predicted octanol–water partition coefficient (Wildman–Crippen LogP) is 5.72. The monoisotopic (exact) mass is 310 g/mol. The van der Waals surface area contributed by atoms with E-state index in [0.717, 1.165) is 11.2 Å². The van der Waals surface area contributed by atoms with E-state index in [0.29, 0.717) is 0 Å². The van der Waals surface area contributed by atoms with Crippen LogP contribution in [0.3, 0.4) is 0 Å². The molecule has 0 spiro atoms. The van der Waals surface area contributed by atoms with Crippen LogP contribution in [0.25, 0.3) is 38.4 Å². The molecule has 0 radical (unpaired) electrons. The van der Waals surface area contributed by atoms with Crippen molar-refractivity contribution in [3.05, 3.63) is 71.3 Å². The van der Waals surface area contributed by atoms with Crippen LogP contribution in [-0.2, 0) is 0 Å². The number of fused-ring (bicyclic) bond motifs is 8. The van der Waals surface area contributed by atoms with Crippen LogP contribution >= 0.6 is 0 Å². The first-order valence-corrected chi connectivity index (χ1v) is 8.34. The Balaban J connectivity index is 2.22. The zero-order valence-electron chi connectivity index (χ0n) is 14.1. The molecule has 3 aromatic carbocycles. The van der Waals surface area contributed by atoms with E-state index in [-0.39, 0.29) is 0 Å². The number of hydrogen-bond acceptors (Lipinski definition) is 1. The lowest BCUT2D eigenvalue weighted by atomic mass is 10.0. The van der Waals surface area contributed by atoms with Gasteiger partial charge >= 0.3 is 0 Å². The molecule has 5 aromatic rings. The van der Waals surface area contributed by atoms with Crippen molar-refractivity contribution in [3.8, 4) is 0 Å². The van der Waals surface area contributed by atoms with Gasteiger partial charge in [-0.15, -0.1) is 0 Å². The molecule has 2 heteroatoms. The maximum absolute atomic E-state index is 4.98. The third kappa shape index (κ3) is 1.68. The lowest BCUT2D eigenvalue weighted by Gasteiger charge is -2.12. The Kier molecular flexibility index (Phi) is 2.58. The number of imidazole rings is 1. The summed E-state index contributed by atoms with van der Waals surface area (Å²) in [6.45, 7) is 6.48. The van der Waals surface area contributed by atoms with Gasteiger partial charge in [0.25, 0.3) is 0 Å². The third-order valence-electron chi connectivity index (χ3n) is 4.94. The molecule has 0 N–H and O–H groups in total. The molecule has 2 heterocycles. The number of benzene rings is 3. The molecule has 0 atom stereocenters. The summed E-state index contributed by atoms with van der Waals surface area (Å²) in [5.41, 5.74) is 8.38. The minimum atomic E-state index is 1.05. The molecule has 0 saturated heterocycles. The normalized spacial score (nSPS) is 12.0. The Labute approximate surface area is 140 Å². The highest BCUT2D eigenvalue weighted by atomic mass is 15.0. The summed E-state index contributed by atoms with van der Waals surface area (Å²) in [7, 11) is 0. The van der Waals surface area contributed by atoms with Gasteiger partial charge in [-0.3, -0.25) is 4.40 Å². The Morgan fingerprint density at radius 2 is 1.54 bits per heavy atom. The van der Waals surface area contributed by atoms with Crippen LogP contribution in [0.2, 0.25) is 0 Å². The van der Waals surface area contributed by atoms with Crippen LogP contribution in [0.15, 0.2) is 54.6 Å². The van der Waals surface area contributed by atoms with Crippen molar-refractivity contribution < 1.29 is 0 Å². The first-order chi connectivity index (χ1) is 11.6. The minimum absolute atomic E-state index is 1.05. The molecule has 0 amide bonds. The van der Waals surface area contributed by atoms with E-state index in [1.807, 2.05) is 0 Å². The number of hydrogen-bond donors (Lipinski definition) is 0. The Morgan fingerprint density at radius 1 is 0.750 bits per heavy atom. The molecule has 0 bridgehead atoms. The van der Waals surface area contributed by atoms with Gasteiger partial charge in [0.05, 0.1) is 16.6 Å². The average Bonchev–Trinajstić information content (AvgIpc) is 2.93. The molecule has 0 aliphatic rings. The van der Waals surface area contributed by atoms with Crippen molar-refractivity contribution in [2.75, 3.05) is 0 Å². The van der Waals surface area contributed by atoms with E-state index in [4.69, 9.17) is 4.98 Å². The van der Waals surface area contributed by atoms with Gasteiger partial charge < -0.3 is 0 Å². The molecule has 116 valence electrons. The SMILES string of the molecule is Cc1ccc2c(c1)nc1c3ccccc3c3cc(C)cc(C)c3n21. The summed E-state index contributed by atoms with van der Waals surface area (Å²) in [5, 5.41) is 3.79. The third-order valence-corrected chi connectivity index (χ3v) is 4.94. The predicted molar refractivity (Wildman–Crippen MR) is 102 cm³/mol. The summed E-state index contributed by atoms with van der Waals surface area (Å²) >= 11 is 0. The Morgan fingerprint density at radius 3 is 2.38 bits per heavy atom. The maximum Gasteiger partial charge on any atom is 0.146 e. The van der Waals surface area contributed by atoms with Crippen LogP contribution in [0, 0.1) is 20.8 Å². The van der Waals surface area contributed by atoms with E-state index in [1.54, 1.807) is 0 Å². The fraction of sp³-hybridized carbons (Fsp3) is 0.136. The average molecular weight is 310 g/mol. The molecular weight excluding hydrogens is 292 g/mol. The molecule has 0 fully saturated rings. The first-order valence-electron chi connectivity index (χ1n) is 8.34. The summed E-state index contributed by atoms with van der Waals surface area (Å²) < 4.78 is 2.33. The van der Waals surface area contributed by atoms with Gasteiger partial charge in [-0.25, -0.2) is 4.98 Å². The molecule has 24 heavy (non-hydrogen) atoms. The van der Waals surface area contributed by atoms with Crippen molar-refractivity contribution in [3.63, 3.8) is 0 Å². The second-order valence-electron chi connectivity index (χ2n) is 6.79. The number of aryl methyl sites for hydroxylation is 3. The fourth-order valence-corrected chi connectivity index (χ4v) is 3.97. The van der Waals surface area contributed by atoms with E-state index >= 15 is 0 Å². The summed E-state index contributed by atoms with van der Waals surface area (Å²) in [5.74, 6) is 0. The van der Waals surface area contributed by atoms with Gasteiger partial charge in [-0.1, -0.05) is 42.0 Å². The van der Waals surface area contributed by atoms with Gasteiger partial charge in [0.1, 0.15) is 5.65 Å². The molecule has 5 rings (SSSR count). The van der Waals surface area contributed by atoms with Gasteiger partial charge in [-0.2, -0.15) is 0 Å². The van der Waals surface area contributed by atoms with E-state index in [2.05, 4.69) is 79.8 Å². The Hall–Kier alpha value is -2.87. The summed E-state index contributed by atoms with van der Waals surface area (Å²) in [4.78, 5) is 4.98. The minimum Gasteiger partial charge on any atom is -0.291 e. The van der Waals surface area contributed by atoms with Crippen LogP contribution in [-0.4, -0.2) is 9.38 Å². The second kappa shape index (κ2) is 4.57. The fourth-order valence-electron chi connectivity index (χ4n) is 3.97. The highest BCUT2D eigenvalue weighted by Crippen LogP contribution is 2.34. The lowest BCUT2D eigenvalue weighted by Crippen LogP contribution is -1.94. The number of nitrogens with zero attached hydrogens (tertiary/aromatic N) is 2. The molecule has 0 aliphatic heterocycles. The van der Waals surface area contributed by atoms with Crippen LogP contribution in [0.1, 0.15) is 16.7 Å². The molecule has 0 saturated carbocycles. The van der Waals surface area contributed by atoms with Crippen LogP contribution < -0.4 is 0 Å². The maximum atomic E-state index is 4.98. The van der Waals surface area contributed by atoms with Gasteiger partial charge in [0.2, 0.25) is 0 Å². The second-order valence-corrected chi connectivity index (χ2v) is 6.79. The Bertz CT molecular complexity index is 1280. The number of pyridine rings is 1. The highest BCUT2D eigenvalue weighted by molar-refractivity contribution is 6.14. The van der Waals surface area contributed by atoms with Crippen molar-refractivity contribution in [1.82, 2.24) is 9.38 Å². The zero-order valence-corrected chi connectivity index (χ0v) is 14.1. The van der Waals surface area contributed by atoms with Crippen molar-refractivity contribution in [1.29, 1.82) is 0 Å². The highest BCUT2D eigenvalue weighted by Gasteiger charge is 2.15. The van der Waals surface area contributed by atoms with Gasteiger partial charge in [0, 0.05) is 10.8 Å². The zero-order chi connectivity index (χ0) is 16.4. The molecule has 0 aliphatic carbocycles. The van der Waals surface area contributed by atoms with E-state index in [1.165, 1.54) is 43.9 Å². The molecule has 2 aromatic heterocycles. The van der Waals surface area contributed by atoms with Crippen molar-refractivity contribution >= 4 is 38.4 Å². The van der Waals surface area contributed by atoms with Gasteiger partial charge in [0.15, 0.2) is 0 Å². The quantitative estimate of drug-likeness (QED) is 0.334. The number of aromatic nitrogens is 2. The van der Waals surface area contributed by atoms with E-state index in [9.17, 15) is 0 Å². The molecule has 2 nitrogen and oxygen atoms in total. The molecule has 0 unspecified atom stereocenters. The van der Waals surface area contributed by atoms with E-state index < -0.39 is 0 Å².